The molecule has 156 valence electrons. The Morgan fingerprint density at radius 1 is 1.10 bits per heavy atom. The van der Waals surface area contributed by atoms with Crippen molar-refractivity contribution in [3.8, 4) is 11.5 Å². The molecule has 3 aliphatic heterocycles. The van der Waals surface area contributed by atoms with Gasteiger partial charge in [-0.05, 0) is 30.3 Å². The second-order valence-electron chi connectivity index (χ2n) is 7.61. The highest BCUT2D eigenvalue weighted by molar-refractivity contribution is 6.02. The molecule has 0 N–H and O–H groups in total. The Morgan fingerprint density at radius 2 is 1.93 bits per heavy atom. The van der Waals surface area contributed by atoms with Crippen LogP contribution < -0.4 is 9.47 Å². The van der Waals surface area contributed by atoms with E-state index in [-0.39, 0.29) is 12.7 Å². The molecule has 0 aromatic heterocycles. The largest absolute Gasteiger partial charge is 0.454 e. The molecule has 1 atom stereocenters. The zero-order valence-corrected chi connectivity index (χ0v) is 15.7. The molecule has 0 bridgehead atoms. The molecule has 1 amide bonds. The highest BCUT2D eigenvalue weighted by Gasteiger charge is 2.47. The minimum Gasteiger partial charge on any atom is -0.454 e. The summed E-state index contributed by atoms with van der Waals surface area (Å²) < 4.78 is 49.6. The zero-order chi connectivity index (χ0) is 20.9. The monoisotopic (exact) mass is 418 g/mol. The Balaban J connectivity index is 1.29. The van der Waals surface area contributed by atoms with E-state index in [0.717, 1.165) is 12.1 Å². The second kappa shape index (κ2) is 6.65. The van der Waals surface area contributed by atoms with Crippen molar-refractivity contribution >= 4 is 11.6 Å². The van der Waals surface area contributed by atoms with Crippen molar-refractivity contribution in [2.75, 3.05) is 19.9 Å². The Kier molecular flexibility index (Phi) is 4.16. The first-order valence-electron chi connectivity index (χ1n) is 9.45. The minimum atomic E-state index is -4.42. The lowest BCUT2D eigenvalue weighted by molar-refractivity contribution is -0.137. The summed E-state index contributed by atoms with van der Waals surface area (Å²) >= 11 is 0. The van der Waals surface area contributed by atoms with E-state index in [1.165, 1.54) is 6.07 Å². The van der Waals surface area contributed by atoms with Crippen LogP contribution in [0.4, 0.5) is 13.2 Å². The molecule has 3 heterocycles. The molecule has 1 fully saturated rings. The fraction of sp³-hybridized carbons (Fsp3) is 0.333. The molecule has 2 aromatic rings. The molecule has 30 heavy (non-hydrogen) atoms. The van der Waals surface area contributed by atoms with Gasteiger partial charge in [0, 0.05) is 30.5 Å². The third kappa shape index (κ3) is 3.24. The molecule has 0 aliphatic carbocycles. The van der Waals surface area contributed by atoms with E-state index in [1.807, 2.05) is 0 Å². The Bertz CT molecular complexity index is 1050. The maximum Gasteiger partial charge on any atom is 0.416 e. The van der Waals surface area contributed by atoms with Gasteiger partial charge in [-0.1, -0.05) is 17.3 Å². The number of rotatable bonds is 2. The lowest BCUT2D eigenvalue weighted by atomic mass is 9.93. The van der Waals surface area contributed by atoms with Gasteiger partial charge in [-0.3, -0.25) is 4.79 Å². The molecule has 6 nitrogen and oxygen atoms in total. The van der Waals surface area contributed by atoms with Gasteiger partial charge >= 0.3 is 6.18 Å². The Labute approximate surface area is 169 Å². The van der Waals surface area contributed by atoms with Crippen molar-refractivity contribution < 1.29 is 32.3 Å². The highest BCUT2D eigenvalue weighted by Crippen LogP contribution is 2.38. The van der Waals surface area contributed by atoms with Gasteiger partial charge in [-0.15, -0.1) is 0 Å². The number of fused-ring (bicyclic) bond motifs is 1. The van der Waals surface area contributed by atoms with Crippen LogP contribution in [0.25, 0.3) is 0 Å². The number of alkyl halides is 3. The van der Waals surface area contributed by atoms with Gasteiger partial charge in [0.25, 0.3) is 5.91 Å². The van der Waals surface area contributed by atoms with Crippen molar-refractivity contribution in [2.45, 2.75) is 24.6 Å². The van der Waals surface area contributed by atoms with Crippen LogP contribution in [-0.4, -0.2) is 42.0 Å². The number of carbonyl (C=O) groups is 1. The van der Waals surface area contributed by atoms with Gasteiger partial charge in [0.1, 0.15) is 0 Å². The summed E-state index contributed by atoms with van der Waals surface area (Å²) in [6.07, 6.45) is -3.52. The van der Waals surface area contributed by atoms with E-state index in [0.29, 0.717) is 54.3 Å². The fourth-order valence-electron chi connectivity index (χ4n) is 4.00. The average molecular weight is 418 g/mol. The number of oxime groups is 1. The lowest BCUT2D eigenvalue weighted by Gasteiger charge is -2.22. The van der Waals surface area contributed by atoms with Crippen LogP contribution in [0, 0.1) is 0 Å². The van der Waals surface area contributed by atoms with Crippen LogP contribution in [0.1, 0.15) is 34.3 Å². The van der Waals surface area contributed by atoms with Gasteiger partial charge in [-0.25, -0.2) is 0 Å². The van der Waals surface area contributed by atoms with E-state index in [1.54, 1.807) is 29.2 Å². The van der Waals surface area contributed by atoms with E-state index in [4.69, 9.17) is 14.3 Å². The first kappa shape index (κ1) is 18.8. The molecule has 5 rings (SSSR count). The summed E-state index contributed by atoms with van der Waals surface area (Å²) in [6.45, 7) is 0.911. The van der Waals surface area contributed by atoms with Gasteiger partial charge in [0.2, 0.25) is 6.79 Å². The summed E-state index contributed by atoms with van der Waals surface area (Å²) in [5.74, 6) is 0.964. The lowest BCUT2D eigenvalue weighted by Crippen LogP contribution is -2.36. The summed E-state index contributed by atoms with van der Waals surface area (Å²) in [5, 5.41) is 4.05. The molecule has 0 radical (unpaired) electrons. The van der Waals surface area contributed by atoms with Crippen molar-refractivity contribution in [1.29, 1.82) is 0 Å². The van der Waals surface area contributed by atoms with Crippen LogP contribution in [0.5, 0.6) is 11.5 Å². The van der Waals surface area contributed by atoms with Crippen LogP contribution in [0.15, 0.2) is 47.6 Å². The molecule has 0 saturated carbocycles. The average Bonchev–Trinajstić information content (AvgIpc) is 3.47. The number of carbonyl (C=O) groups excluding carboxylic acids is 1. The molecular formula is C21H17F3N2O4. The summed E-state index contributed by atoms with van der Waals surface area (Å²) in [6, 6.07) is 10.1. The van der Waals surface area contributed by atoms with Crippen LogP contribution in [-0.2, 0) is 11.0 Å². The smallest absolute Gasteiger partial charge is 0.416 e. The Morgan fingerprint density at radius 3 is 2.77 bits per heavy atom. The Hall–Kier alpha value is -3.23. The van der Waals surface area contributed by atoms with Crippen molar-refractivity contribution in [3.63, 3.8) is 0 Å². The molecule has 1 unspecified atom stereocenters. The number of likely N-dealkylation sites (tertiary alicyclic amines) is 1. The van der Waals surface area contributed by atoms with Crippen LogP contribution in [0.2, 0.25) is 0 Å². The summed E-state index contributed by atoms with van der Waals surface area (Å²) in [4.78, 5) is 20.2. The normalized spacial score (nSPS) is 22.4. The van der Waals surface area contributed by atoms with Crippen molar-refractivity contribution in [1.82, 2.24) is 4.90 Å². The molecule has 1 saturated heterocycles. The standard InChI is InChI=1S/C21H17F3N2O4/c22-21(23,24)15-3-1-2-13(8-15)16-10-20(30-25-16)6-7-26(11-20)19(27)14-4-5-17-18(9-14)29-12-28-17/h1-5,8-9H,6-7,10-12H2. The third-order valence-electron chi connectivity index (χ3n) is 5.59. The predicted molar refractivity (Wildman–Crippen MR) is 99.5 cm³/mol. The predicted octanol–water partition coefficient (Wildman–Crippen LogP) is 3.84. The summed E-state index contributed by atoms with van der Waals surface area (Å²) in [7, 11) is 0. The topological polar surface area (TPSA) is 60.4 Å². The van der Waals surface area contributed by atoms with Crippen molar-refractivity contribution in [3.05, 3.63) is 59.2 Å². The molecular weight excluding hydrogens is 401 g/mol. The first-order valence-corrected chi connectivity index (χ1v) is 9.45. The number of benzene rings is 2. The highest BCUT2D eigenvalue weighted by atomic mass is 19.4. The maximum absolute atomic E-state index is 13.0. The number of nitrogens with zero attached hydrogens (tertiary/aromatic N) is 2. The van der Waals surface area contributed by atoms with Gasteiger partial charge in [0.15, 0.2) is 17.1 Å². The minimum absolute atomic E-state index is 0.128. The van der Waals surface area contributed by atoms with Crippen LogP contribution in [0.3, 0.4) is 0 Å². The molecule has 2 aromatic carbocycles. The number of halogens is 3. The third-order valence-corrected chi connectivity index (χ3v) is 5.59. The van der Waals surface area contributed by atoms with Crippen molar-refractivity contribution in [2.24, 2.45) is 5.16 Å². The molecule has 1 spiro atoms. The molecule has 9 heteroatoms. The van der Waals surface area contributed by atoms with E-state index in [9.17, 15) is 18.0 Å². The quantitative estimate of drug-likeness (QED) is 0.744. The van der Waals surface area contributed by atoms with E-state index >= 15 is 0 Å². The summed E-state index contributed by atoms with van der Waals surface area (Å²) in [5.41, 5.74) is -0.126. The maximum atomic E-state index is 13.0. The van der Waals surface area contributed by atoms with E-state index in [2.05, 4.69) is 5.16 Å². The number of ether oxygens (including phenoxy) is 2. The zero-order valence-electron chi connectivity index (χ0n) is 15.7. The number of hydrogen-bond donors (Lipinski definition) is 0. The SMILES string of the molecule is O=C(c1ccc2c(c1)OCO2)N1CCC2(CC(c3cccc(C(F)(F)F)c3)=NO2)C1. The molecule has 3 aliphatic rings. The van der Waals surface area contributed by atoms with Gasteiger partial charge in [0.05, 0.1) is 17.8 Å². The fourth-order valence-corrected chi connectivity index (χ4v) is 4.00. The van der Waals surface area contributed by atoms with Crippen LogP contribution >= 0.6 is 0 Å². The second-order valence-corrected chi connectivity index (χ2v) is 7.61. The number of hydrogen-bond acceptors (Lipinski definition) is 5. The van der Waals surface area contributed by atoms with E-state index < -0.39 is 17.3 Å². The van der Waals surface area contributed by atoms with Gasteiger partial charge in [-0.2, -0.15) is 13.2 Å². The van der Waals surface area contributed by atoms with Gasteiger partial charge < -0.3 is 19.2 Å². The first-order chi connectivity index (χ1) is 14.3. The number of amides is 1.